The minimum Gasteiger partial charge on any atom is -0.493 e. The Morgan fingerprint density at radius 1 is 0.969 bits per heavy atom. The number of hydrogen-bond acceptors (Lipinski definition) is 4. The van der Waals surface area contributed by atoms with Crippen molar-refractivity contribution in [2.45, 2.75) is 26.1 Å². The van der Waals surface area contributed by atoms with E-state index in [1.807, 2.05) is 84.4 Å². The van der Waals surface area contributed by atoms with Crippen LogP contribution in [0.1, 0.15) is 17.5 Å². The molecule has 0 aliphatic carbocycles. The fourth-order valence-corrected chi connectivity index (χ4v) is 3.62. The molecule has 3 aromatic carbocycles. The standard InChI is InChI=1S/C26H27N3O3/c1-28(26(30)14-15-29-19-27-22-10-6-7-11-23(22)29)17-21-12-13-24(25(16-21)31-2)32-18-20-8-4-3-5-9-20/h3-13,16,19H,14-15,17-18H2,1-2H3. The molecule has 32 heavy (non-hydrogen) atoms. The van der Waals surface area contributed by atoms with Gasteiger partial charge in [0.05, 0.1) is 24.5 Å². The summed E-state index contributed by atoms with van der Waals surface area (Å²) in [4.78, 5) is 18.8. The Morgan fingerprint density at radius 2 is 1.75 bits per heavy atom. The van der Waals surface area contributed by atoms with Crippen LogP contribution in [0, 0.1) is 0 Å². The predicted molar refractivity (Wildman–Crippen MR) is 125 cm³/mol. The van der Waals surface area contributed by atoms with Crippen molar-refractivity contribution >= 4 is 16.9 Å². The molecular weight excluding hydrogens is 402 g/mol. The van der Waals surface area contributed by atoms with Crippen molar-refractivity contribution in [3.63, 3.8) is 0 Å². The number of para-hydroxylation sites is 2. The maximum Gasteiger partial charge on any atom is 0.224 e. The van der Waals surface area contributed by atoms with Crippen LogP contribution in [-0.4, -0.2) is 34.5 Å². The zero-order chi connectivity index (χ0) is 22.3. The van der Waals surface area contributed by atoms with E-state index < -0.39 is 0 Å². The number of fused-ring (bicyclic) bond motifs is 1. The Hall–Kier alpha value is -3.80. The lowest BCUT2D eigenvalue weighted by Crippen LogP contribution is -2.27. The Labute approximate surface area is 188 Å². The molecule has 4 aromatic rings. The molecule has 0 bridgehead atoms. The molecule has 0 aliphatic heterocycles. The summed E-state index contributed by atoms with van der Waals surface area (Å²) < 4.78 is 13.5. The molecule has 0 fully saturated rings. The molecule has 0 unspecified atom stereocenters. The van der Waals surface area contributed by atoms with Crippen LogP contribution in [-0.2, 0) is 24.5 Å². The Balaban J connectivity index is 1.34. The number of hydrogen-bond donors (Lipinski definition) is 0. The molecule has 0 N–H and O–H groups in total. The van der Waals surface area contributed by atoms with Gasteiger partial charge < -0.3 is 18.9 Å². The number of rotatable bonds is 9. The van der Waals surface area contributed by atoms with E-state index in [2.05, 4.69) is 4.98 Å². The van der Waals surface area contributed by atoms with E-state index in [0.717, 1.165) is 22.2 Å². The maximum absolute atomic E-state index is 12.7. The summed E-state index contributed by atoms with van der Waals surface area (Å²) in [5.74, 6) is 1.41. The largest absolute Gasteiger partial charge is 0.493 e. The van der Waals surface area contributed by atoms with Gasteiger partial charge in [-0.15, -0.1) is 0 Å². The number of carbonyl (C=O) groups excluding carboxylic acids is 1. The van der Waals surface area contributed by atoms with Crippen molar-refractivity contribution < 1.29 is 14.3 Å². The Kier molecular flexibility index (Phi) is 6.70. The highest BCUT2D eigenvalue weighted by molar-refractivity contribution is 5.77. The number of methoxy groups -OCH3 is 1. The van der Waals surface area contributed by atoms with Gasteiger partial charge in [0.25, 0.3) is 0 Å². The maximum atomic E-state index is 12.7. The third-order valence-corrected chi connectivity index (χ3v) is 5.40. The summed E-state index contributed by atoms with van der Waals surface area (Å²) in [5.41, 5.74) is 4.06. The predicted octanol–water partition coefficient (Wildman–Crippen LogP) is 4.67. The summed E-state index contributed by atoms with van der Waals surface area (Å²) in [6.45, 7) is 1.57. The minimum absolute atomic E-state index is 0.0751. The first kappa shape index (κ1) is 21.4. The Morgan fingerprint density at radius 3 is 2.56 bits per heavy atom. The molecule has 0 radical (unpaired) electrons. The average molecular weight is 430 g/mol. The smallest absolute Gasteiger partial charge is 0.224 e. The van der Waals surface area contributed by atoms with Gasteiger partial charge in [-0.3, -0.25) is 4.79 Å². The van der Waals surface area contributed by atoms with Gasteiger partial charge in [0.15, 0.2) is 11.5 Å². The van der Waals surface area contributed by atoms with Crippen molar-refractivity contribution in [2.75, 3.05) is 14.2 Å². The van der Waals surface area contributed by atoms with Gasteiger partial charge >= 0.3 is 0 Å². The van der Waals surface area contributed by atoms with Crippen LogP contribution in [0.25, 0.3) is 11.0 Å². The number of carbonyl (C=O) groups is 1. The van der Waals surface area contributed by atoms with Gasteiger partial charge in [-0.2, -0.15) is 0 Å². The molecule has 1 amide bonds. The van der Waals surface area contributed by atoms with Crippen molar-refractivity contribution in [3.8, 4) is 11.5 Å². The van der Waals surface area contributed by atoms with Gasteiger partial charge in [0.1, 0.15) is 6.61 Å². The number of imidazole rings is 1. The first-order chi connectivity index (χ1) is 15.6. The molecular formula is C26H27N3O3. The van der Waals surface area contributed by atoms with Crippen LogP contribution in [0.5, 0.6) is 11.5 Å². The van der Waals surface area contributed by atoms with Crippen LogP contribution in [0.3, 0.4) is 0 Å². The molecule has 0 saturated carbocycles. The molecule has 0 saturated heterocycles. The highest BCUT2D eigenvalue weighted by Crippen LogP contribution is 2.29. The lowest BCUT2D eigenvalue weighted by molar-refractivity contribution is -0.130. The average Bonchev–Trinajstić information content (AvgIpc) is 3.25. The lowest BCUT2D eigenvalue weighted by Gasteiger charge is -2.19. The molecule has 0 spiro atoms. The zero-order valence-electron chi connectivity index (χ0n) is 18.4. The molecule has 0 aliphatic rings. The second kappa shape index (κ2) is 10.0. The third kappa shape index (κ3) is 5.09. The van der Waals surface area contributed by atoms with Crippen molar-refractivity contribution in [1.29, 1.82) is 0 Å². The van der Waals surface area contributed by atoms with E-state index in [-0.39, 0.29) is 5.91 Å². The van der Waals surface area contributed by atoms with E-state index in [9.17, 15) is 4.79 Å². The number of aromatic nitrogens is 2. The van der Waals surface area contributed by atoms with E-state index in [1.165, 1.54) is 0 Å². The number of amides is 1. The Bertz CT molecular complexity index is 1190. The molecule has 164 valence electrons. The number of aryl methyl sites for hydroxylation is 1. The topological polar surface area (TPSA) is 56.6 Å². The molecule has 6 nitrogen and oxygen atoms in total. The SMILES string of the molecule is COc1cc(CN(C)C(=O)CCn2cnc3ccccc32)ccc1OCc1ccccc1. The summed E-state index contributed by atoms with van der Waals surface area (Å²) in [6, 6.07) is 23.7. The van der Waals surface area contributed by atoms with Gasteiger partial charge in [0.2, 0.25) is 5.91 Å². The molecule has 4 rings (SSSR count). The van der Waals surface area contributed by atoms with E-state index in [0.29, 0.717) is 37.6 Å². The van der Waals surface area contributed by atoms with Crippen molar-refractivity contribution in [2.24, 2.45) is 0 Å². The van der Waals surface area contributed by atoms with Gasteiger partial charge in [0, 0.05) is 26.6 Å². The first-order valence-corrected chi connectivity index (χ1v) is 10.6. The second-order valence-corrected chi connectivity index (χ2v) is 7.69. The highest BCUT2D eigenvalue weighted by atomic mass is 16.5. The first-order valence-electron chi connectivity index (χ1n) is 10.6. The number of nitrogens with zero attached hydrogens (tertiary/aromatic N) is 3. The molecule has 1 heterocycles. The van der Waals surface area contributed by atoms with Crippen LogP contribution in [0.15, 0.2) is 79.1 Å². The van der Waals surface area contributed by atoms with E-state index in [4.69, 9.17) is 9.47 Å². The fraction of sp³-hybridized carbons (Fsp3) is 0.231. The lowest BCUT2D eigenvalue weighted by atomic mass is 10.2. The summed E-state index contributed by atoms with van der Waals surface area (Å²) in [6.07, 6.45) is 2.20. The quantitative estimate of drug-likeness (QED) is 0.388. The van der Waals surface area contributed by atoms with Gasteiger partial charge in [-0.1, -0.05) is 48.5 Å². The van der Waals surface area contributed by atoms with Crippen LogP contribution < -0.4 is 9.47 Å². The normalized spacial score (nSPS) is 10.8. The van der Waals surface area contributed by atoms with Crippen LogP contribution >= 0.6 is 0 Å². The molecule has 1 aromatic heterocycles. The molecule has 6 heteroatoms. The summed E-state index contributed by atoms with van der Waals surface area (Å²) in [5, 5.41) is 0. The van der Waals surface area contributed by atoms with E-state index >= 15 is 0 Å². The number of benzene rings is 3. The van der Waals surface area contributed by atoms with Gasteiger partial charge in [-0.25, -0.2) is 4.98 Å². The van der Waals surface area contributed by atoms with Crippen LogP contribution in [0.4, 0.5) is 0 Å². The van der Waals surface area contributed by atoms with Crippen molar-refractivity contribution in [1.82, 2.24) is 14.5 Å². The van der Waals surface area contributed by atoms with Crippen LogP contribution in [0.2, 0.25) is 0 Å². The third-order valence-electron chi connectivity index (χ3n) is 5.40. The van der Waals surface area contributed by atoms with Gasteiger partial charge in [-0.05, 0) is 35.4 Å². The summed E-state index contributed by atoms with van der Waals surface area (Å²) >= 11 is 0. The monoisotopic (exact) mass is 429 g/mol. The van der Waals surface area contributed by atoms with E-state index in [1.54, 1.807) is 18.3 Å². The molecule has 0 atom stereocenters. The second-order valence-electron chi connectivity index (χ2n) is 7.69. The highest BCUT2D eigenvalue weighted by Gasteiger charge is 2.13. The minimum atomic E-state index is 0.0751. The van der Waals surface area contributed by atoms with Crippen molar-refractivity contribution in [3.05, 3.63) is 90.3 Å². The number of ether oxygens (including phenoxy) is 2. The zero-order valence-corrected chi connectivity index (χ0v) is 18.4. The summed E-state index contributed by atoms with van der Waals surface area (Å²) in [7, 11) is 3.44. The fourth-order valence-electron chi connectivity index (χ4n) is 3.62.